The van der Waals surface area contributed by atoms with Crippen LogP contribution in [-0.4, -0.2) is 10.9 Å². The van der Waals surface area contributed by atoms with Gasteiger partial charge in [-0.25, -0.2) is 0 Å². The third-order valence-corrected chi connectivity index (χ3v) is 5.22. The molecule has 1 aromatic carbocycles. The summed E-state index contributed by atoms with van der Waals surface area (Å²) in [5.74, 6) is 0.241. The van der Waals surface area contributed by atoms with Crippen molar-refractivity contribution in [2.24, 2.45) is 5.92 Å². The van der Waals surface area contributed by atoms with Crippen LogP contribution in [0.5, 0.6) is 0 Å². The topological polar surface area (TPSA) is 42.0 Å². The summed E-state index contributed by atoms with van der Waals surface area (Å²) in [6, 6.07) is 8.35. The van der Waals surface area contributed by atoms with E-state index in [0.29, 0.717) is 16.5 Å². The SMILES string of the molecule is Cc1ncc(C(=O)NC2CCCc3ccccc32)c(Cl)c1/C=C\C(C)C. The first-order valence-electron chi connectivity index (χ1n) is 9.19. The Kier molecular flexibility index (Phi) is 5.77. The molecule has 3 rings (SSSR count). The quantitative estimate of drug-likeness (QED) is 0.771. The van der Waals surface area contributed by atoms with Crippen LogP contribution in [0.25, 0.3) is 6.08 Å². The van der Waals surface area contributed by atoms with Crippen molar-refractivity contribution in [3.05, 3.63) is 69.5 Å². The van der Waals surface area contributed by atoms with E-state index in [-0.39, 0.29) is 11.9 Å². The Morgan fingerprint density at radius 2 is 2.12 bits per heavy atom. The highest BCUT2D eigenvalue weighted by molar-refractivity contribution is 6.35. The number of halogens is 1. The van der Waals surface area contributed by atoms with Crippen LogP contribution < -0.4 is 5.32 Å². The minimum Gasteiger partial charge on any atom is -0.345 e. The Morgan fingerprint density at radius 3 is 2.88 bits per heavy atom. The molecule has 0 aliphatic heterocycles. The average molecular weight is 369 g/mol. The number of hydrogen-bond acceptors (Lipinski definition) is 2. The van der Waals surface area contributed by atoms with E-state index in [1.807, 2.05) is 19.1 Å². The number of nitrogens with one attached hydrogen (secondary N) is 1. The van der Waals surface area contributed by atoms with Crippen LogP contribution >= 0.6 is 11.6 Å². The van der Waals surface area contributed by atoms with Crippen molar-refractivity contribution in [3.8, 4) is 0 Å². The maximum absolute atomic E-state index is 12.9. The Morgan fingerprint density at radius 1 is 1.35 bits per heavy atom. The fourth-order valence-corrected chi connectivity index (χ4v) is 3.71. The van der Waals surface area contributed by atoms with Gasteiger partial charge in [-0.05, 0) is 43.2 Å². The van der Waals surface area contributed by atoms with Crippen molar-refractivity contribution in [1.82, 2.24) is 10.3 Å². The minimum absolute atomic E-state index is 0.0273. The molecule has 1 unspecified atom stereocenters. The van der Waals surface area contributed by atoms with E-state index in [0.717, 1.165) is 30.5 Å². The van der Waals surface area contributed by atoms with Crippen molar-refractivity contribution >= 4 is 23.6 Å². The Bertz CT molecular complexity index is 842. The van der Waals surface area contributed by atoms with Gasteiger partial charge in [0.2, 0.25) is 0 Å². The van der Waals surface area contributed by atoms with Gasteiger partial charge < -0.3 is 5.32 Å². The third-order valence-electron chi connectivity index (χ3n) is 4.82. The molecule has 0 fully saturated rings. The lowest BCUT2D eigenvalue weighted by atomic mass is 9.87. The van der Waals surface area contributed by atoms with Gasteiger partial charge in [0.1, 0.15) is 0 Å². The number of amides is 1. The molecular weight excluding hydrogens is 344 g/mol. The fourth-order valence-electron chi connectivity index (χ4n) is 3.37. The third kappa shape index (κ3) is 3.99. The highest BCUT2D eigenvalue weighted by Crippen LogP contribution is 2.31. The van der Waals surface area contributed by atoms with Gasteiger partial charge >= 0.3 is 0 Å². The molecule has 0 saturated heterocycles. The molecule has 0 bridgehead atoms. The molecule has 0 saturated carbocycles. The molecule has 3 nitrogen and oxygen atoms in total. The van der Waals surface area contributed by atoms with Crippen LogP contribution in [0.3, 0.4) is 0 Å². The van der Waals surface area contributed by atoms with Gasteiger partial charge in [0.15, 0.2) is 0 Å². The molecule has 0 spiro atoms. The van der Waals surface area contributed by atoms with E-state index >= 15 is 0 Å². The van der Waals surface area contributed by atoms with Gasteiger partial charge in [0.05, 0.1) is 16.6 Å². The number of pyridine rings is 1. The second-order valence-corrected chi connectivity index (χ2v) is 7.58. The van der Waals surface area contributed by atoms with Crippen LogP contribution in [0.4, 0.5) is 0 Å². The van der Waals surface area contributed by atoms with Crippen molar-refractivity contribution in [2.45, 2.75) is 46.1 Å². The van der Waals surface area contributed by atoms with Crippen LogP contribution in [0.1, 0.15) is 65.5 Å². The Hall–Kier alpha value is -2.13. The normalized spacial score (nSPS) is 16.7. The first kappa shape index (κ1) is 18.7. The van der Waals surface area contributed by atoms with Gasteiger partial charge in [-0.15, -0.1) is 0 Å². The number of aryl methyl sites for hydroxylation is 2. The lowest BCUT2D eigenvalue weighted by Crippen LogP contribution is -2.31. The van der Waals surface area contributed by atoms with Crippen LogP contribution in [-0.2, 0) is 6.42 Å². The lowest BCUT2D eigenvalue weighted by molar-refractivity contribution is 0.0932. The van der Waals surface area contributed by atoms with E-state index in [9.17, 15) is 4.79 Å². The van der Waals surface area contributed by atoms with Crippen LogP contribution in [0, 0.1) is 12.8 Å². The van der Waals surface area contributed by atoms with Gasteiger partial charge in [0, 0.05) is 17.5 Å². The molecule has 1 heterocycles. The van der Waals surface area contributed by atoms with E-state index in [1.54, 1.807) is 6.20 Å². The van der Waals surface area contributed by atoms with Crippen molar-refractivity contribution in [2.75, 3.05) is 0 Å². The van der Waals surface area contributed by atoms with Gasteiger partial charge in [-0.1, -0.05) is 61.9 Å². The number of rotatable bonds is 4. The number of fused-ring (bicyclic) bond motifs is 1. The zero-order chi connectivity index (χ0) is 18.7. The predicted molar refractivity (Wildman–Crippen MR) is 107 cm³/mol. The number of aromatic nitrogens is 1. The summed E-state index contributed by atoms with van der Waals surface area (Å²) in [5, 5.41) is 3.62. The fraction of sp³-hybridized carbons (Fsp3) is 0.364. The molecule has 136 valence electrons. The average Bonchev–Trinajstić information content (AvgIpc) is 2.61. The number of nitrogens with zero attached hydrogens (tertiary/aromatic N) is 1. The maximum atomic E-state index is 12.9. The zero-order valence-electron chi connectivity index (χ0n) is 15.6. The first-order valence-corrected chi connectivity index (χ1v) is 9.57. The van der Waals surface area contributed by atoms with E-state index in [2.05, 4.69) is 48.4 Å². The number of carbonyl (C=O) groups excluding carboxylic acids is 1. The summed E-state index contributed by atoms with van der Waals surface area (Å²) in [5.41, 5.74) is 4.60. The van der Waals surface area contributed by atoms with E-state index in [4.69, 9.17) is 11.6 Å². The molecule has 1 aliphatic carbocycles. The molecule has 1 N–H and O–H groups in total. The molecule has 0 radical (unpaired) electrons. The van der Waals surface area contributed by atoms with Gasteiger partial charge in [0.25, 0.3) is 5.91 Å². The standard InChI is InChI=1S/C22H25ClN2O/c1-14(2)11-12-17-15(3)24-13-19(21(17)23)22(26)25-20-10-6-8-16-7-4-5-9-18(16)20/h4-5,7,9,11-14,20H,6,8,10H2,1-3H3,(H,25,26)/b12-11-. The first-order chi connectivity index (χ1) is 12.5. The number of benzene rings is 1. The van der Waals surface area contributed by atoms with Gasteiger partial charge in [-0.3, -0.25) is 9.78 Å². The summed E-state index contributed by atoms with van der Waals surface area (Å²) in [6.45, 7) is 6.11. The molecular formula is C22H25ClN2O. The largest absolute Gasteiger partial charge is 0.345 e. The number of hydrogen-bond donors (Lipinski definition) is 1. The highest BCUT2D eigenvalue weighted by atomic mass is 35.5. The summed E-state index contributed by atoms with van der Waals surface area (Å²) in [6.07, 6.45) is 8.69. The van der Waals surface area contributed by atoms with Gasteiger partial charge in [-0.2, -0.15) is 0 Å². The Labute approximate surface area is 160 Å². The molecule has 4 heteroatoms. The number of carbonyl (C=O) groups is 1. The Balaban J connectivity index is 1.86. The summed E-state index contributed by atoms with van der Waals surface area (Å²) >= 11 is 6.56. The summed E-state index contributed by atoms with van der Waals surface area (Å²) < 4.78 is 0. The minimum atomic E-state index is -0.164. The lowest BCUT2D eigenvalue weighted by Gasteiger charge is -2.26. The van der Waals surface area contributed by atoms with Crippen molar-refractivity contribution in [3.63, 3.8) is 0 Å². The van der Waals surface area contributed by atoms with Crippen LogP contribution in [0.2, 0.25) is 5.02 Å². The van der Waals surface area contributed by atoms with E-state index in [1.165, 1.54) is 11.1 Å². The molecule has 1 amide bonds. The molecule has 1 atom stereocenters. The molecule has 1 aliphatic rings. The second-order valence-electron chi connectivity index (χ2n) is 7.21. The predicted octanol–water partition coefficient (Wildman–Crippen LogP) is 5.52. The number of allylic oxidation sites excluding steroid dienone is 1. The molecule has 26 heavy (non-hydrogen) atoms. The summed E-state index contributed by atoms with van der Waals surface area (Å²) in [4.78, 5) is 17.3. The molecule has 1 aromatic heterocycles. The van der Waals surface area contributed by atoms with Crippen molar-refractivity contribution in [1.29, 1.82) is 0 Å². The summed E-state index contributed by atoms with van der Waals surface area (Å²) in [7, 11) is 0. The highest BCUT2D eigenvalue weighted by Gasteiger charge is 2.23. The van der Waals surface area contributed by atoms with Crippen molar-refractivity contribution < 1.29 is 4.79 Å². The zero-order valence-corrected chi connectivity index (χ0v) is 16.3. The monoisotopic (exact) mass is 368 g/mol. The second kappa shape index (κ2) is 8.05. The maximum Gasteiger partial charge on any atom is 0.254 e. The smallest absolute Gasteiger partial charge is 0.254 e. The van der Waals surface area contributed by atoms with Crippen LogP contribution in [0.15, 0.2) is 36.5 Å². The molecule has 2 aromatic rings. The van der Waals surface area contributed by atoms with E-state index < -0.39 is 0 Å².